The summed E-state index contributed by atoms with van der Waals surface area (Å²) in [5, 5.41) is 3.63. The van der Waals surface area contributed by atoms with E-state index in [4.69, 9.17) is 5.73 Å². The smallest absolute Gasteiger partial charge is 0.0164 e. The second kappa shape index (κ2) is 3.35. The lowest BCUT2D eigenvalue weighted by Crippen LogP contribution is -2.43. The van der Waals surface area contributed by atoms with Crippen LogP contribution in [0.3, 0.4) is 0 Å². The molecule has 0 radical (unpaired) electrons. The Hall–Kier alpha value is -0.0800. The molecule has 2 fully saturated rings. The topological polar surface area (TPSA) is 38.0 Å². The molecule has 2 heteroatoms. The molecule has 2 saturated carbocycles. The van der Waals surface area contributed by atoms with Gasteiger partial charge in [-0.3, -0.25) is 0 Å². The zero-order chi connectivity index (χ0) is 8.55. The largest absolute Gasteiger partial charge is 0.329 e. The molecule has 0 amide bonds. The fourth-order valence-corrected chi connectivity index (χ4v) is 2.88. The lowest BCUT2D eigenvalue weighted by molar-refractivity contribution is 0.326. The van der Waals surface area contributed by atoms with Crippen LogP contribution in [-0.2, 0) is 0 Å². The monoisotopic (exact) mass is 168 g/mol. The third-order valence-electron chi connectivity index (χ3n) is 3.59. The van der Waals surface area contributed by atoms with Crippen molar-refractivity contribution >= 4 is 0 Å². The van der Waals surface area contributed by atoms with E-state index in [-0.39, 0.29) is 0 Å². The fraction of sp³-hybridized carbons (Fsp3) is 1.00. The molecule has 0 aliphatic heterocycles. The second-order valence-electron chi connectivity index (χ2n) is 4.58. The molecule has 2 nitrogen and oxygen atoms in total. The summed E-state index contributed by atoms with van der Waals surface area (Å²) in [5.74, 6) is 2.02. The van der Waals surface area contributed by atoms with Gasteiger partial charge in [0.1, 0.15) is 0 Å². The quantitative estimate of drug-likeness (QED) is 0.662. The Balaban J connectivity index is 1.82. The first-order valence-corrected chi connectivity index (χ1v) is 5.25. The van der Waals surface area contributed by atoms with Crippen LogP contribution in [0.1, 0.15) is 32.6 Å². The van der Waals surface area contributed by atoms with Crippen molar-refractivity contribution < 1.29 is 0 Å². The van der Waals surface area contributed by atoms with Gasteiger partial charge in [-0.2, -0.15) is 0 Å². The van der Waals surface area contributed by atoms with Crippen LogP contribution in [0.5, 0.6) is 0 Å². The Kier molecular flexibility index (Phi) is 2.37. The second-order valence-corrected chi connectivity index (χ2v) is 4.58. The summed E-state index contributed by atoms with van der Waals surface area (Å²) in [6, 6.07) is 1.30. The van der Waals surface area contributed by atoms with Gasteiger partial charge >= 0.3 is 0 Å². The molecule has 0 saturated heterocycles. The van der Waals surface area contributed by atoms with E-state index >= 15 is 0 Å². The van der Waals surface area contributed by atoms with E-state index in [1.165, 1.54) is 25.7 Å². The van der Waals surface area contributed by atoms with Crippen LogP contribution in [0.2, 0.25) is 0 Å². The van der Waals surface area contributed by atoms with Crippen LogP contribution in [0.15, 0.2) is 0 Å². The van der Waals surface area contributed by atoms with Gasteiger partial charge in [-0.25, -0.2) is 0 Å². The number of nitrogens with one attached hydrogen (secondary N) is 1. The molecular weight excluding hydrogens is 148 g/mol. The Morgan fingerprint density at radius 3 is 2.75 bits per heavy atom. The summed E-state index contributed by atoms with van der Waals surface area (Å²) >= 11 is 0. The van der Waals surface area contributed by atoms with Crippen LogP contribution in [0.4, 0.5) is 0 Å². The van der Waals surface area contributed by atoms with Gasteiger partial charge in [-0.15, -0.1) is 0 Å². The molecule has 12 heavy (non-hydrogen) atoms. The maximum absolute atomic E-state index is 5.59. The van der Waals surface area contributed by atoms with Crippen LogP contribution < -0.4 is 11.1 Å². The van der Waals surface area contributed by atoms with Crippen LogP contribution >= 0.6 is 0 Å². The number of nitrogens with two attached hydrogens (primary N) is 1. The first-order valence-electron chi connectivity index (χ1n) is 5.25. The standard InChI is InChI=1S/C10H20N2/c1-7(6-11)12-10-5-8-2-3-9(10)4-8/h7-10,12H,2-6,11H2,1H3. The van der Waals surface area contributed by atoms with Gasteiger partial charge in [0.25, 0.3) is 0 Å². The van der Waals surface area contributed by atoms with Gasteiger partial charge < -0.3 is 11.1 Å². The Morgan fingerprint density at radius 1 is 1.42 bits per heavy atom. The fourth-order valence-electron chi connectivity index (χ4n) is 2.88. The molecular formula is C10H20N2. The third-order valence-corrected chi connectivity index (χ3v) is 3.59. The van der Waals surface area contributed by atoms with Gasteiger partial charge in [-0.05, 0) is 38.0 Å². The Morgan fingerprint density at radius 2 is 2.25 bits per heavy atom. The summed E-state index contributed by atoms with van der Waals surface area (Å²) < 4.78 is 0. The number of hydrogen-bond donors (Lipinski definition) is 2. The highest BCUT2D eigenvalue weighted by atomic mass is 15.0. The predicted octanol–water partition coefficient (Wildman–Crippen LogP) is 1.11. The molecule has 4 atom stereocenters. The summed E-state index contributed by atoms with van der Waals surface area (Å²) in [6.45, 7) is 2.96. The lowest BCUT2D eigenvalue weighted by atomic mass is 9.95. The highest BCUT2D eigenvalue weighted by Gasteiger charge is 2.39. The van der Waals surface area contributed by atoms with Gasteiger partial charge in [0, 0.05) is 18.6 Å². The summed E-state index contributed by atoms with van der Waals surface area (Å²) in [6.07, 6.45) is 5.84. The number of fused-ring (bicyclic) bond motifs is 2. The van der Waals surface area contributed by atoms with Crippen LogP contribution in [-0.4, -0.2) is 18.6 Å². The van der Waals surface area contributed by atoms with Crippen molar-refractivity contribution in [3.63, 3.8) is 0 Å². The minimum atomic E-state index is 0.509. The van der Waals surface area contributed by atoms with E-state index in [1.807, 2.05) is 0 Å². The van der Waals surface area contributed by atoms with E-state index in [0.717, 1.165) is 24.4 Å². The Bertz CT molecular complexity index is 158. The van der Waals surface area contributed by atoms with Gasteiger partial charge in [0.05, 0.1) is 0 Å². The molecule has 0 aromatic heterocycles. The normalized spacial score (nSPS) is 42.0. The molecule has 4 unspecified atom stereocenters. The van der Waals surface area contributed by atoms with E-state index in [0.29, 0.717) is 6.04 Å². The molecule has 2 rings (SSSR count). The zero-order valence-corrected chi connectivity index (χ0v) is 7.92. The first-order chi connectivity index (χ1) is 5.79. The SMILES string of the molecule is CC(CN)NC1CC2CCC1C2. The van der Waals surface area contributed by atoms with Gasteiger partial charge in [0.15, 0.2) is 0 Å². The van der Waals surface area contributed by atoms with E-state index in [9.17, 15) is 0 Å². The van der Waals surface area contributed by atoms with E-state index < -0.39 is 0 Å². The van der Waals surface area contributed by atoms with Crippen molar-refractivity contribution in [1.29, 1.82) is 0 Å². The number of rotatable bonds is 3. The molecule has 2 bridgehead atoms. The molecule has 3 N–H and O–H groups in total. The summed E-state index contributed by atoms with van der Waals surface area (Å²) in [4.78, 5) is 0. The van der Waals surface area contributed by atoms with E-state index in [1.54, 1.807) is 0 Å². The highest BCUT2D eigenvalue weighted by Crippen LogP contribution is 2.44. The van der Waals surface area contributed by atoms with Crippen molar-refractivity contribution in [2.24, 2.45) is 17.6 Å². The average Bonchev–Trinajstić information content (AvgIpc) is 2.64. The molecule has 0 aromatic carbocycles. The van der Waals surface area contributed by atoms with Crippen LogP contribution in [0.25, 0.3) is 0 Å². The maximum atomic E-state index is 5.59. The third kappa shape index (κ3) is 1.50. The predicted molar refractivity (Wildman–Crippen MR) is 50.9 cm³/mol. The minimum Gasteiger partial charge on any atom is -0.329 e. The zero-order valence-electron chi connectivity index (χ0n) is 7.92. The molecule has 0 spiro atoms. The van der Waals surface area contributed by atoms with E-state index in [2.05, 4.69) is 12.2 Å². The van der Waals surface area contributed by atoms with Gasteiger partial charge in [0.2, 0.25) is 0 Å². The summed E-state index contributed by atoms with van der Waals surface area (Å²) in [7, 11) is 0. The van der Waals surface area contributed by atoms with Crippen molar-refractivity contribution in [1.82, 2.24) is 5.32 Å². The lowest BCUT2D eigenvalue weighted by Gasteiger charge is -2.26. The molecule has 70 valence electrons. The molecule has 2 aliphatic rings. The van der Waals surface area contributed by atoms with Crippen LogP contribution in [0, 0.1) is 11.8 Å². The average molecular weight is 168 g/mol. The van der Waals surface area contributed by atoms with Crippen molar-refractivity contribution in [2.75, 3.05) is 6.54 Å². The van der Waals surface area contributed by atoms with Gasteiger partial charge in [-0.1, -0.05) is 6.42 Å². The highest BCUT2D eigenvalue weighted by molar-refractivity contribution is 4.94. The molecule has 2 aliphatic carbocycles. The minimum absolute atomic E-state index is 0.509. The first kappa shape index (κ1) is 8.52. The summed E-state index contributed by atoms with van der Waals surface area (Å²) in [5.41, 5.74) is 5.59. The van der Waals surface area contributed by atoms with Crippen molar-refractivity contribution in [3.05, 3.63) is 0 Å². The maximum Gasteiger partial charge on any atom is 0.0164 e. The number of hydrogen-bond acceptors (Lipinski definition) is 2. The Labute approximate surface area is 74.9 Å². The molecule has 0 heterocycles. The van der Waals surface area contributed by atoms with Crippen molar-refractivity contribution in [3.8, 4) is 0 Å². The van der Waals surface area contributed by atoms with Crippen molar-refractivity contribution in [2.45, 2.75) is 44.7 Å². The molecule has 0 aromatic rings.